The van der Waals surface area contributed by atoms with Crippen molar-refractivity contribution < 1.29 is 19.1 Å². The van der Waals surface area contributed by atoms with Gasteiger partial charge in [0.2, 0.25) is 5.91 Å². The second-order valence-electron chi connectivity index (χ2n) is 4.06. The number of esters is 1. The summed E-state index contributed by atoms with van der Waals surface area (Å²) in [6.45, 7) is 1.23. The second-order valence-corrected chi connectivity index (χ2v) is 4.06. The zero-order valence-corrected chi connectivity index (χ0v) is 10.5. The van der Waals surface area contributed by atoms with Crippen LogP contribution < -0.4 is 10.2 Å². The summed E-state index contributed by atoms with van der Waals surface area (Å²) in [5.41, 5.74) is 1.19. The van der Waals surface area contributed by atoms with Crippen molar-refractivity contribution in [1.82, 2.24) is 0 Å². The number of fused-ring (bicyclic) bond motifs is 1. The summed E-state index contributed by atoms with van der Waals surface area (Å²) in [6, 6.07) is 6.98. The van der Waals surface area contributed by atoms with Crippen LogP contribution in [0.2, 0.25) is 0 Å². The SMILES string of the molecule is CCC(=O)OCC(=O)N1CC(=O)Nc2ccccc21. The minimum absolute atomic E-state index is 0.0699. The molecule has 6 heteroatoms. The normalized spacial score (nSPS) is 13.5. The number of amides is 2. The highest BCUT2D eigenvalue weighted by molar-refractivity contribution is 6.10. The lowest BCUT2D eigenvalue weighted by Crippen LogP contribution is -2.44. The highest BCUT2D eigenvalue weighted by atomic mass is 16.5. The standard InChI is InChI=1S/C13H14N2O4/c1-2-13(18)19-8-12(17)15-7-11(16)14-9-5-3-4-6-10(9)15/h3-6H,2,7-8H2,1H3,(H,14,16). The largest absolute Gasteiger partial charge is 0.456 e. The second kappa shape index (κ2) is 5.51. The van der Waals surface area contributed by atoms with Gasteiger partial charge in [0, 0.05) is 6.42 Å². The number of nitrogens with one attached hydrogen (secondary N) is 1. The summed E-state index contributed by atoms with van der Waals surface area (Å²) in [5, 5.41) is 2.68. The van der Waals surface area contributed by atoms with Crippen LogP contribution in [0.25, 0.3) is 0 Å². The highest BCUT2D eigenvalue weighted by Crippen LogP contribution is 2.28. The molecule has 1 heterocycles. The molecule has 19 heavy (non-hydrogen) atoms. The van der Waals surface area contributed by atoms with E-state index in [1.54, 1.807) is 31.2 Å². The van der Waals surface area contributed by atoms with Gasteiger partial charge in [0.05, 0.1) is 11.4 Å². The maximum Gasteiger partial charge on any atom is 0.306 e. The van der Waals surface area contributed by atoms with E-state index in [1.165, 1.54) is 4.90 Å². The van der Waals surface area contributed by atoms with Gasteiger partial charge in [0.1, 0.15) is 6.54 Å². The molecular weight excluding hydrogens is 248 g/mol. The first-order chi connectivity index (χ1) is 9.11. The van der Waals surface area contributed by atoms with Gasteiger partial charge in [0.15, 0.2) is 6.61 Å². The Morgan fingerprint density at radius 2 is 2.11 bits per heavy atom. The molecule has 2 amide bonds. The lowest BCUT2D eigenvalue weighted by Gasteiger charge is -2.28. The minimum Gasteiger partial charge on any atom is -0.456 e. The van der Waals surface area contributed by atoms with Crippen LogP contribution in [0.4, 0.5) is 11.4 Å². The Bertz CT molecular complexity index is 527. The number of para-hydroxylation sites is 2. The van der Waals surface area contributed by atoms with E-state index in [0.29, 0.717) is 11.4 Å². The fraction of sp³-hybridized carbons (Fsp3) is 0.308. The predicted molar refractivity (Wildman–Crippen MR) is 68.7 cm³/mol. The number of carbonyl (C=O) groups is 3. The van der Waals surface area contributed by atoms with E-state index in [4.69, 9.17) is 4.74 Å². The molecule has 1 aromatic carbocycles. The number of hydrogen-bond donors (Lipinski definition) is 1. The van der Waals surface area contributed by atoms with Gasteiger partial charge in [-0.05, 0) is 12.1 Å². The molecule has 0 radical (unpaired) electrons. The van der Waals surface area contributed by atoms with Gasteiger partial charge in [-0.1, -0.05) is 19.1 Å². The van der Waals surface area contributed by atoms with E-state index >= 15 is 0 Å². The molecule has 1 aliphatic rings. The molecule has 6 nitrogen and oxygen atoms in total. The van der Waals surface area contributed by atoms with Crippen molar-refractivity contribution in [2.24, 2.45) is 0 Å². The van der Waals surface area contributed by atoms with E-state index in [1.807, 2.05) is 0 Å². The Morgan fingerprint density at radius 3 is 2.84 bits per heavy atom. The van der Waals surface area contributed by atoms with Crippen molar-refractivity contribution in [2.75, 3.05) is 23.4 Å². The van der Waals surface area contributed by atoms with Crippen LogP contribution in [-0.4, -0.2) is 30.9 Å². The summed E-state index contributed by atoms with van der Waals surface area (Å²) in [7, 11) is 0. The van der Waals surface area contributed by atoms with E-state index in [0.717, 1.165) is 0 Å². The molecule has 0 spiro atoms. The highest BCUT2D eigenvalue weighted by Gasteiger charge is 2.26. The summed E-state index contributed by atoms with van der Waals surface area (Å²) in [4.78, 5) is 35.9. The smallest absolute Gasteiger partial charge is 0.306 e. The first kappa shape index (κ1) is 13.1. The first-order valence-corrected chi connectivity index (χ1v) is 5.96. The zero-order valence-electron chi connectivity index (χ0n) is 10.5. The lowest BCUT2D eigenvalue weighted by molar-refractivity contribution is -0.147. The molecule has 1 aromatic rings. The number of ether oxygens (including phenoxy) is 1. The average Bonchev–Trinajstić information content (AvgIpc) is 2.43. The summed E-state index contributed by atoms with van der Waals surface area (Å²) < 4.78 is 4.79. The first-order valence-electron chi connectivity index (χ1n) is 5.96. The molecule has 1 aliphatic heterocycles. The van der Waals surface area contributed by atoms with Crippen molar-refractivity contribution >= 4 is 29.2 Å². The van der Waals surface area contributed by atoms with Gasteiger partial charge >= 0.3 is 5.97 Å². The van der Waals surface area contributed by atoms with Gasteiger partial charge in [-0.2, -0.15) is 0 Å². The Hall–Kier alpha value is -2.37. The van der Waals surface area contributed by atoms with E-state index in [9.17, 15) is 14.4 Å². The average molecular weight is 262 g/mol. The Balaban J connectivity index is 2.14. The molecular formula is C13H14N2O4. The third kappa shape index (κ3) is 2.90. The predicted octanol–water partition coefficient (Wildman–Crippen LogP) is 0.925. The lowest BCUT2D eigenvalue weighted by atomic mass is 10.2. The van der Waals surface area contributed by atoms with Crippen LogP contribution in [0.3, 0.4) is 0 Å². The van der Waals surface area contributed by atoms with Crippen molar-refractivity contribution in [3.8, 4) is 0 Å². The molecule has 2 rings (SSSR count). The quantitative estimate of drug-likeness (QED) is 0.822. The van der Waals surface area contributed by atoms with E-state index in [2.05, 4.69) is 5.32 Å². The molecule has 0 atom stereocenters. The summed E-state index contributed by atoms with van der Waals surface area (Å²) in [6.07, 6.45) is 0.213. The molecule has 0 aromatic heterocycles. The number of nitrogens with zero attached hydrogens (tertiary/aromatic N) is 1. The Kier molecular flexibility index (Phi) is 3.79. The van der Waals surface area contributed by atoms with Crippen molar-refractivity contribution in [3.05, 3.63) is 24.3 Å². The van der Waals surface area contributed by atoms with Gasteiger partial charge in [-0.15, -0.1) is 0 Å². The van der Waals surface area contributed by atoms with Crippen LogP contribution >= 0.6 is 0 Å². The van der Waals surface area contributed by atoms with Crippen LogP contribution in [0.15, 0.2) is 24.3 Å². The third-order valence-corrected chi connectivity index (χ3v) is 2.72. The van der Waals surface area contributed by atoms with E-state index in [-0.39, 0.29) is 25.5 Å². The molecule has 0 fully saturated rings. The fourth-order valence-corrected chi connectivity index (χ4v) is 1.78. The van der Waals surface area contributed by atoms with Gasteiger partial charge in [-0.3, -0.25) is 19.3 Å². The zero-order chi connectivity index (χ0) is 13.8. The minimum atomic E-state index is -0.442. The van der Waals surface area contributed by atoms with Gasteiger partial charge in [0.25, 0.3) is 5.91 Å². The van der Waals surface area contributed by atoms with Crippen LogP contribution in [0.1, 0.15) is 13.3 Å². The van der Waals surface area contributed by atoms with Crippen molar-refractivity contribution in [3.63, 3.8) is 0 Å². The maximum atomic E-state index is 12.0. The summed E-state index contributed by atoms with van der Waals surface area (Å²) >= 11 is 0. The third-order valence-electron chi connectivity index (χ3n) is 2.72. The fourth-order valence-electron chi connectivity index (χ4n) is 1.78. The molecule has 0 saturated carbocycles. The van der Waals surface area contributed by atoms with Crippen molar-refractivity contribution in [2.45, 2.75) is 13.3 Å². The van der Waals surface area contributed by atoms with Gasteiger partial charge in [-0.25, -0.2) is 0 Å². The monoisotopic (exact) mass is 262 g/mol. The molecule has 0 unspecified atom stereocenters. The Morgan fingerprint density at radius 1 is 1.37 bits per heavy atom. The number of hydrogen-bond acceptors (Lipinski definition) is 4. The summed E-state index contributed by atoms with van der Waals surface area (Å²) in [5.74, 6) is -1.12. The number of rotatable bonds is 3. The molecule has 0 bridgehead atoms. The number of anilines is 2. The van der Waals surface area contributed by atoms with E-state index < -0.39 is 11.9 Å². The number of benzene rings is 1. The van der Waals surface area contributed by atoms with Gasteiger partial charge < -0.3 is 10.1 Å². The van der Waals surface area contributed by atoms with Crippen LogP contribution in [-0.2, 0) is 19.1 Å². The maximum absolute atomic E-state index is 12.0. The molecule has 1 N–H and O–H groups in total. The Labute approximate surface area is 110 Å². The van der Waals surface area contributed by atoms with Crippen molar-refractivity contribution in [1.29, 1.82) is 0 Å². The number of carbonyl (C=O) groups excluding carboxylic acids is 3. The molecule has 100 valence electrons. The topological polar surface area (TPSA) is 75.7 Å². The van der Waals surface area contributed by atoms with Crippen LogP contribution in [0.5, 0.6) is 0 Å². The van der Waals surface area contributed by atoms with Crippen LogP contribution in [0, 0.1) is 0 Å². The molecule has 0 saturated heterocycles. The molecule has 0 aliphatic carbocycles.